The van der Waals surface area contributed by atoms with Crippen LogP contribution in [-0.4, -0.2) is 15.0 Å². The summed E-state index contributed by atoms with van der Waals surface area (Å²) < 4.78 is 0. The summed E-state index contributed by atoms with van der Waals surface area (Å²) in [5, 5.41) is 1.75. The number of aromatic nitrogens is 3. The molecule has 0 aliphatic heterocycles. The van der Waals surface area contributed by atoms with Crippen molar-refractivity contribution in [3.05, 3.63) is 42.1 Å². The second kappa shape index (κ2) is 4.34. The minimum atomic E-state index is 0.733. The molecule has 90 valence electrons. The average Bonchev–Trinajstić information content (AvgIpc) is 2.73. The molecule has 0 aliphatic rings. The third-order valence-electron chi connectivity index (χ3n) is 2.57. The summed E-state index contributed by atoms with van der Waals surface area (Å²) in [5.41, 5.74) is 9.48. The minimum Gasteiger partial charge on any atom is -0.399 e. The van der Waals surface area contributed by atoms with E-state index in [2.05, 4.69) is 15.0 Å². The molecule has 0 amide bonds. The lowest BCUT2D eigenvalue weighted by Gasteiger charge is -1.96. The molecule has 2 aromatic heterocycles. The SMILES string of the molecule is Cc1ccc(Sc2nc3ccc(N)cc3[nH]2)nc1. The molecule has 3 N–H and O–H groups in total. The predicted molar refractivity (Wildman–Crippen MR) is 73.6 cm³/mol. The van der Waals surface area contributed by atoms with E-state index in [4.69, 9.17) is 5.73 Å². The first-order valence-electron chi connectivity index (χ1n) is 5.56. The van der Waals surface area contributed by atoms with Crippen LogP contribution in [0.2, 0.25) is 0 Å². The van der Waals surface area contributed by atoms with E-state index < -0.39 is 0 Å². The van der Waals surface area contributed by atoms with Gasteiger partial charge in [-0.05, 0) is 48.5 Å². The highest BCUT2D eigenvalue weighted by atomic mass is 32.2. The van der Waals surface area contributed by atoms with Crippen LogP contribution in [0, 0.1) is 6.92 Å². The van der Waals surface area contributed by atoms with Gasteiger partial charge in [0.15, 0.2) is 5.16 Å². The molecule has 3 aromatic rings. The van der Waals surface area contributed by atoms with Crippen molar-refractivity contribution in [2.45, 2.75) is 17.1 Å². The summed E-state index contributed by atoms with van der Waals surface area (Å²) in [7, 11) is 0. The molecule has 1 aromatic carbocycles. The maximum atomic E-state index is 5.74. The van der Waals surface area contributed by atoms with Crippen molar-refractivity contribution in [2.75, 3.05) is 5.73 Å². The van der Waals surface area contributed by atoms with E-state index in [9.17, 15) is 0 Å². The molecule has 5 heteroatoms. The van der Waals surface area contributed by atoms with Crippen LogP contribution in [0.1, 0.15) is 5.56 Å². The van der Waals surface area contributed by atoms with E-state index in [1.807, 2.05) is 43.5 Å². The number of nitrogen functional groups attached to an aromatic ring is 1. The molecule has 0 atom stereocenters. The van der Waals surface area contributed by atoms with Crippen molar-refractivity contribution in [2.24, 2.45) is 0 Å². The number of anilines is 1. The number of H-pyrrole nitrogens is 1. The number of hydrogen-bond donors (Lipinski definition) is 2. The third-order valence-corrected chi connectivity index (χ3v) is 3.41. The second-order valence-electron chi connectivity index (χ2n) is 4.09. The monoisotopic (exact) mass is 256 g/mol. The van der Waals surface area contributed by atoms with Crippen LogP contribution in [0.3, 0.4) is 0 Å². The molecule has 0 saturated carbocycles. The smallest absolute Gasteiger partial charge is 0.172 e. The van der Waals surface area contributed by atoms with E-state index >= 15 is 0 Å². The van der Waals surface area contributed by atoms with Gasteiger partial charge in [0.1, 0.15) is 5.03 Å². The van der Waals surface area contributed by atoms with Crippen LogP contribution in [0.4, 0.5) is 5.69 Å². The van der Waals surface area contributed by atoms with Crippen LogP contribution in [0.25, 0.3) is 11.0 Å². The molecule has 0 fully saturated rings. The molecule has 3 rings (SSSR count). The van der Waals surface area contributed by atoms with Crippen LogP contribution >= 0.6 is 11.8 Å². The topological polar surface area (TPSA) is 67.6 Å². The molecular weight excluding hydrogens is 244 g/mol. The number of rotatable bonds is 2. The Bertz CT molecular complexity index is 688. The van der Waals surface area contributed by atoms with Crippen molar-refractivity contribution in [1.29, 1.82) is 0 Å². The molecule has 0 bridgehead atoms. The van der Waals surface area contributed by atoms with Crippen LogP contribution in [-0.2, 0) is 0 Å². The lowest BCUT2D eigenvalue weighted by atomic mass is 10.3. The average molecular weight is 256 g/mol. The Morgan fingerprint density at radius 3 is 2.89 bits per heavy atom. The number of nitrogens with one attached hydrogen (secondary N) is 1. The van der Waals surface area contributed by atoms with Crippen molar-refractivity contribution >= 4 is 28.5 Å². The summed E-state index contributed by atoms with van der Waals surface area (Å²) in [4.78, 5) is 12.1. The number of pyridine rings is 1. The molecule has 18 heavy (non-hydrogen) atoms. The molecule has 0 spiro atoms. The molecule has 2 heterocycles. The van der Waals surface area contributed by atoms with Gasteiger partial charge in [0.2, 0.25) is 0 Å². The molecule has 4 nitrogen and oxygen atoms in total. The fourth-order valence-corrected chi connectivity index (χ4v) is 2.41. The highest BCUT2D eigenvalue weighted by Gasteiger charge is 2.05. The largest absolute Gasteiger partial charge is 0.399 e. The summed E-state index contributed by atoms with van der Waals surface area (Å²) in [6, 6.07) is 9.67. The van der Waals surface area contributed by atoms with Crippen molar-refractivity contribution in [3.8, 4) is 0 Å². The zero-order chi connectivity index (χ0) is 12.5. The normalized spacial score (nSPS) is 10.9. The number of fused-ring (bicyclic) bond motifs is 1. The van der Waals surface area contributed by atoms with Gasteiger partial charge >= 0.3 is 0 Å². The van der Waals surface area contributed by atoms with Crippen molar-refractivity contribution in [1.82, 2.24) is 15.0 Å². The van der Waals surface area contributed by atoms with Gasteiger partial charge in [0.25, 0.3) is 0 Å². The van der Waals surface area contributed by atoms with Crippen LogP contribution < -0.4 is 5.73 Å². The maximum Gasteiger partial charge on any atom is 0.172 e. The van der Waals surface area contributed by atoms with Crippen molar-refractivity contribution < 1.29 is 0 Å². The lowest BCUT2D eigenvalue weighted by molar-refractivity contribution is 1.05. The second-order valence-corrected chi connectivity index (χ2v) is 5.10. The quantitative estimate of drug-likeness (QED) is 0.692. The maximum absolute atomic E-state index is 5.74. The highest BCUT2D eigenvalue weighted by Crippen LogP contribution is 2.26. The Labute approximate surface area is 109 Å². The molecule has 0 unspecified atom stereocenters. The zero-order valence-electron chi connectivity index (χ0n) is 9.84. The number of imidazole rings is 1. The predicted octanol–water partition coefficient (Wildman–Crippen LogP) is 3.00. The third kappa shape index (κ3) is 2.17. The Hall–Kier alpha value is -2.01. The van der Waals surface area contributed by atoms with Gasteiger partial charge in [-0.25, -0.2) is 9.97 Å². The van der Waals surface area contributed by atoms with Crippen molar-refractivity contribution in [3.63, 3.8) is 0 Å². The van der Waals surface area contributed by atoms with E-state index in [-0.39, 0.29) is 0 Å². The molecule has 0 radical (unpaired) electrons. The Morgan fingerprint density at radius 1 is 1.22 bits per heavy atom. The summed E-state index contributed by atoms with van der Waals surface area (Å²) in [6.07, 6.45) is 1.85. The van der Waals surface area contributed by atoms with Gasteiger partial charge in [-0.1, -0.05) is 6.07 Å². The molecular formula is C13H12N4S. The number of hydrogen-bond acceptors (Lipinski definition) is 4. The fourth-order valence-electron chi connectivity index (χ4n) is 1.67. The van der Waals surface area contributed by atoms with E-state index in [1.165, 1.54) is 11.8 Å². The Balaban J connectivity index is 1.92. The van der Waals surface area contributed by atoms with E-state index in [1.54, 1.807) is 0 Å². The standard InChI is InChI=1S/C13H12N4S/c1-8-2-5-12(15-7-8)18-13-16-10-4-3-9(14)6-11(10)17-13/h2-7H,14H2,1H3,(H,16,17). The first-order valence-corrected chi connectivity index (χ1v) is 6.38. The van der Waals surface area contributed by atoms with Crippen LogP contribution in [0.15, 0.2) is 46.7 Å². The van der Waals surface area contributed by atoms with Gasteiger partial charge < -0.3 is 10.7 Å². The van der Waals surface area contributed by atoms with Crippen LogP contribution in [0.5, 0.6) is 0 Å². The first-order chi connectivity index (χ1) is 8.70. The highest BCUT2D eigenvalue weighted by molar-refractivity contribution is 7.99. The molecule has 0 aliphatic carbocycles. The Kier molecular flexibility index (Phi) is 2.68. The molecule has 0 saturated heterocycles. The van der Waals surface area contributed by atoms with Gasteiger partial charge in [-0.2, -0.15) is 0 Å². The lowest BCUT2D eigenvalue weighted by Crippen LogP contribution is -1.82. The number of nitrogens with two attached hydrogens (primary N) is 1. The zero-order valence-corrected chi connectivity index (χ0v) is 10.7. The van der Waals surface area contributed by atoms with Gasteiger partial charge in [-0.3, -0.25) is 0 Å². The van der Waals surface area contributed by atoms with Gasteiger partial charge in [0.05, 0.1) is 11.0 Å². The minimum absolute atomic E-state index is 0.733. The number of benzene rings is 1. The summed E-state index contributed by atoms with van der Waals surface area (Å²) in [5.74, 6) is 0. The summed E-state index contributed by atoms with van der Waals surface area (Å²) >= 11 is 1.51. The van der Waals surface area contributed by atoms with Gasteiger partial charge in [-0.15, -0.1) is 0 Å². The van der Waals surface area contributed by atoms with Gasteiger partial charge in [0, 0.05) is 11.9 Å². The number of aromatic amines is 1. The summed E-state index contributed by atoms with van der Waals surface area (Å²) in [6.45, 7) is 2.02. The number of nitrogens with zero attached hydrogens (tertiary/aromatic N) is 2. The number of aryl methyl sites for hydroxylation is 1. The van der Waals surface area contributed by atoms with E-state index in [0.29, 0.717) is 0 Å². The Morgan fingerprint density at radius 2 is 2.11 bits per heavy atom. The first kappa shape index (κ1) is 11.1. The fraction of sp³-hybridized carbons (Fsp3) is 0.0769. The van der Waals surface area contributed by atoms with E-state index in [0.717, 1.165) is 32.5 Å².